The number of hydrogen-bond acceptors (Lipinski definition) is 4. The number of nitrogens with one attached hydrogen (secondary N) is 1. The van der Waals surface area contributed by atoms with E-state index in [0.717, 1.165) is 24.0 Å². The van der Waals surface area contributed by atoms with Crippen LogP contribution in [0.25, 0.3) is 10.8 Å². The molecule has 0 bridgehead atoms. The second-order valence-corrected chi connectivity index (χ2v) is 8.58. The van der Waals surface area contributed by atoms with Crippen LogP contribution in [0.3, 0.4) is 0 Å². The Balaban J connectivity index is 1.34. The van der Waals surface area contributed by atoms with Gasteiger partial charge in [-0.05, 0) is 42.5 Å². The summed E-state index contributed by atoms with van der Waals surface area (Å²) in [5, 5.41) is 8.02. The highest BCUT2D eigenvalue weighted by Gasteiger charge is 2.31. The van der Waals surface area contributed by atoms with Crippen LogP contribution >= 0.6 is 0 Å². The topological polar surface area (TPSA) is 69.3 Å². The maximum Gasteiger partial charge on any atom is 0.272 e. The second kappa shape index (κ2) is 8.22. The minimum atomic E-state index is -0.525. The predicted octanol–water partition coefficient (Wildman–Crippen LogP) is 3.33. The normalized spacial score (nSPS) is 16.4. The maximum absolute atomic E-state index is 14.6. The number of aromatic amines is 1. The molecule has 32 heavy (non-hydrogen) atoms. The Labute approximate surface area is 185 Å². The van der Waals surface area contributed by atoms with Gasteiger partial charge in [0.25, 0.3) is 11.5 Å². The van der Waals surface area contributed by atoms with Crippen LogP contribution < -0.4 is 5.56 Å². The molecule has 1 amide bonds. The van der Waals surface area contributed by atoms with Crippen molar-refractivity contribution < 1.29 is 9.18 Å². The molecule has 3 aromatic rings. The van der Waals surface area contributed by atoms with E-state index in [-0.39, 0.29) is 17.0 Å². The molecule has 1 saturated heterocycles. The van der Waals surface area contributed by atoms with Gasteiger partial charge in [0.05, 0.1) is 16.6 Å². The molecule has 5 rings (SSSR count). The third-order valence-electron chi connectivity index (χ3n) is 6.43. The number of nitrogens with zero attached hydrogens (tertiary/aromatic N) is 3. The van der Waals surface area contributed by atoms with Crippen molar-refractivity contribution in [3.63, 3.8) is 0 Å². The van der Waals surface area contributed by atoms with Crippen molar-refractivity contribution in [1.82, 2.24) is 20.0 Å². The number of carbonyl (C=O) groups is 1. The Hall–Kier alpha value is -3.48. The molecular formula is C25H25FN4O2. The number of H-pyrrole nitrogens is 1. The van der Waals surface area contributed by atoms with Crippen molar-refractivity contribution in [3.8, 4) is 0 Å². The van der Waals surface area contributed by atoms with Gasteiger partial charge in [-0.2, -0.15) is 5.10 Å². The molecule has 6 nitrogen and oxygen atoms in total. The smallest absolute Gasteiger partial charge is 0.272 e. The molecule has 0 spiro atoms. The van der Waals surface area contributed by atoms with Crippen LogP contribution in [0, 0.1) is 11.7 Å². The van der Waals surface area contributed by atoms with Gasteiger partial charge >= 0.3 is 0 Å². The summed E-state index contributed by atoms with van der Waals surface area (Å²) in [6.07, 6.45) is 2.79. The molecule has 1 saturated carbocycles. The van der Waals surface area contributed by atoms with Crippen LogP contribution in [0.1, 0.15) is 34.5 Å². The average molecular weight is 432 g/mol. The molecule has 0 radical (unpaired) electrons. The van der Waals surface area contributed by atoms with Crippen molar-refractivity contribution in [2.45, 2.75) is 19.3 Å². The van der Waals surface area contributed by atoms with E-state index >= 15 is 0 Å². The van der Waals surface area contributed by atoms with Crippen molar-refractivity contribution in [3.05, 3.63) is 87.7 Å². The standard InChI is InChI=1S/C25H25FN4O2/c1-16(18-7-8-18)29-10-12-30(13-11-29)25(32)21-14-17(6-9-22(21)26)15-23-19-4-2-3-5-20(19)24(31)28-27-23/h2-6,9,14,18H,1,7-8,10-13,15H2,(H,28,31). The first-order valence-electron chi connectivity index (χ1n) is 11.0. The van der Waals surface area contributed by atoms with Crippen molar-refractivity contribution in [1.29, 1.82) is 0 Å². The summed E-state index contributed by atoms with van der Waals surface area (Å²) in [5.74, 6) is -0.216. The Morgan fingerprint density at radius 3 is 2.47 bits per heavy atom. The number of fused-ring (bicyclic) bond motifs is 1. The number of aromatic nitrogens is 2. The van der Waals surface area contributed by atoms with Crippen LogP contribution in [0.2, 0.25) is 0 Å². The number of piperazine rings is 1. The zero-order chi connectivity index (χ0) is 22.2. The van der Waals surface area contributed by atoms with E-state index in [4.69, 9.17) is 0 Å². The lowest BCUT2D eigenvalue weighted by atomic mass is 10.0. The summed E-state index contributed by atoms with van der Waals surface area (Å²) in [4.78, 5) is 29.1. The maximum atomic E-state index is 14.6. The zero-order valence-electron chi connectivity index (χ0n) is 17.8. The van der Waals surface area contributed by atoms with E-state index in [9.17, 15) is 14.0 Å². The fourth-order valence-electron chi connectivity index (χ4n) is 4.39. The van der Waals surface area contributed by atoms with Gasteiger partial charge in [0.2, 0.25) is 0 Å². The summed E-state index contributed by atoms with van der Waals surface area (Å²) in [6.45, 7) is 6.77. The molecule has 2 fully saturated rings. The van der Waals surface area contributed by atoms with Gasteiger partial charge in [-0.3, -0.25) is 9.59 Å². The first kappa shape index (κ1) is 20.4. The molecule has 0 unspecified atom stereocenters. The number of rotatable bonds is 5. The third kappa shape index (κ3) is 3.90. The summed E-state index contributed by atoms with van der Waals surface area (Å²) in [6, 6.07) is 11.8. The lowest BCUT2D eigenvalue weighted by molar-refractivity contribution is 0.0661. The van der Waals surface area contributed by atoms with Crippen molar-refractivity contribution in [2.75, 3.05) is 26.2 Å². The summed E-state index contributed by atoms with van der Waals surface area (Å²) < 4.78 is 14.6. The minimum absolute atomic E-state index is 0.0747. The van der Waals surface area contributed by atoms with E-state index in [1.54, 1.807) is 29.2 Å². The first-order valence-corrected chi connectivity index (χ1v) is 11.0. The molecule has 1 aliphatic heterocycles. The Kier molecular flexibility index (Phi) is 5.25. The number of halogens is 1. The summed E-state index contributed by atoms with van der Waals surface area (Å²) in [5.41, 5.74) is 2.44. The van der Waals surface area contributed by atoms with Gasteiger partial charge in [-0.25, -0.2) is 9.49 Å². The third-order valence-corrected chi connectivity index (χ3v) is 6.43. The van der Waals surface area contributed by atoms with Crippen LogP contribution in [0.15, 0.2) is 59.5 Å². The quantitative estimate of drug-likeness (QED) is 0.672. The minimum Gasteiger partial charge on any atom is -0.372 e. The fraction of sp³-hybridized carbons (Fsp3) is 0.320. The highest BCUT2D eigenvalue weighted by Crippen LogP contribution is 2.37. The Morgan fingerprint density at radius 1 is 1.06 bits per heavy atom. The number of hydrogen-bond donors (Lipinski definition) is 1. The Morgan fingerprint density at radius 2 is 1.75 bits per heavy atom. The predicted molar refractivity (Wildman–Crippen MR) is 121 cm³/mol. The zero-order valence-corrected chi connectivity index (χ0v) is 17.8. The number of amides is 1. The highest BCUT2D eigenvalue weighted by molar-refractivity contribution is 5.95. The molecule has 1 aliphatic carbocycles. The van der Waals surface area contributed by atoms with E-state index in [0.29, 0.717) is 36.5 Å². The van der Waals surface area contributed by atoms with Crippen LogP contribution in [0.4, 0.5) is 4.39 Å². The second-order valence-electron chi connectivity index (χ2n) is 8.58. The van der Waals surface area contributed by atoms with E-state index in [1.807, 2.05) is 12.1 Å². The van der Waals surface area contributed by atoms with Gasteiger partial charge in [0.15, 0.2) is 0 Å². The van der Waals surface area contributed by atoms with Gasteiger partial charge in [0, 0.05) is 43.7 Å². The largest absolute Gasteiger partial charge is 0.372 e. The van der Waals surface area contributed by atoms with Gasteiger partial charge < -0.3 is 9.80 Å². The highest BCUT2D eigenvalue weighted by atomic mass is 19.1. The number of benzene rings is 2. The molecule has 2 heterocycles. The molecule has 1 aromatic heterocycles. The van der Waals surface area contributed by atoms with Crippen LogP contribution in [0.5, 0.6) is 0 Å². The molecular weight excluding hydrogens is 407 g/mol. The Bertz CT molecular complexity index is 1260. The lowest BCUT2D eigenvalue weighted by Gasteiger charge is -2.37. The van der Waals surface area contributed by atoms with Crippen molar-refractivity contribution in [2.24, 2.45) is 5.92 Å². The SMILES string of the molecule is C=C(C1CC1)N1CCN(C(=O)c2cc(Cc3n[nH]c(=O)c4ccccc34)ccc2F)CC1. The molecule has 2 aliphatic rings. The van der Waals surface area contributed by atoms with Crippen LogP contribution in [-0.4, -0.2) is 52.1 Å². The lowest BCUT2D eigenvalue weighted by Crippen LogP contribution is -2.48. The number of carbonyl (C=O) groups excluding carboxylic acids is 1. The van der Waals surface area contributed by atoms with Gasteiger partial charge in [-0.15, -0.1) is 0 Å². The number of allylic oxidation sites excluding steroid dienone is 1. The molecule has 1 N–H and O–H groups in total. The fourth-order valence-corrected chi connectivity index (χ4v) is 4.39. The molecule has 7 heteroatoms. The molecule has 0 atom stereocenters. The van der Waals surface area contributed by atoms with E-state index < -0.39 is 5.82 Å². The average Bonchev–Trinajstić information content (AvgIpc) is 3.67. The van der Waals surface area contributed by atoms with Gasteiger partial charge in [-0.1, -0.05) is 30.8 Å². The molecule has 164 valence electrons. The first-order chi connectivity index (χ1) is 15.5. The van der Waals surface area contributed by atoms with E-state index in [1.165, 1.54) is 24.6 Å². The van der Waals surface area contributed by atoms with Crippen LogP contribution in [-0.2, 0) is 6.42 Å². The summed E-state index contributed by atoms with van der Waals surface area (Å²) in [7, 11) is 0. The van der Waals surface area contributed by atoms with Crippen molar-refractivity contribution >= 4 is 16.7 Å². The monoisotopic (exact) mass is 432 g/mol. The molecule has 2 aromatic carbocycles. The summed E-state index contributed by atoms with van der Waals surface area (Å²) >= 11 is 0. The van der Waals surface area contributed by atoms with E-state index in [2.05, 4.69) is 21.7 Å². The van der Waals surface area contributed by atoms with Gasteiger partial charge in [0.1, 0.15) is 5.82 Å².